The third-order valence-electron chi connectivity index (χ3n) is 5.47. The molecular formula is C18H20BrNO5. The van der Waals surface area contributed by atoms with E-state index in [0.717, 1.165) is 21.3 Å². The van der Waals surface area contributed by atoms with Gasteiger partial charge in [-0.1, -0.05) is 28.1 Å². The molecule has 1 aliphatic carbocycles. The predicted octanol–water partition coefficient (Wildman–Crippen LogP) is 2.75. The standard InChI is InChI=1S/C18H20BrNO5/c1-23-13-8-12(19)11-9-20(17(22)24-2)6-5-18-4-3-10(21)7-14(18)25-16(13)15(11)18/h3-4,8,10,14,21H,5-7,9H2,1-2H3/t10-,14-,18-/m1/s1. The average Bonchev–Trinajstić information content (AvgIpc) is 2.82. The van der Waals surface area contributed by atoms with Crippen molar-refractivity contribution in [3.63, 3.8) is 0 Å². The van der Waals surface area contributed by atoms with Crippen molar-refractivity contribution in [1.29, 1.82) is 0 Å². The van der Waals surface area contributed by atoms with E-state index in [2.05, 4.69) is 15.9 Å². The van der Waals surface area contributed by atoms with E-state index in [1.807, 2.05) is 18.2 Å². The van der Waals surface area contributed by atoms with Crippen LogP contribution in [0, 0.1) is 0 Å². The smallest absolute Gasteiger partial charge is 0.409 e. The highest BCUT2D eigenvalue weighted by Crippen LogP contribution is 2.57. The van der Waals surface area contributed by atoms with Crippen LogP contribution in [0.1, 0.15) is 24.0 Å². The van der Waals surface area contributed by atoms with E-state index >= 15 is 0 Å². The molecule has 1 aromatic carbocycles. The first-order valence-electron chi connectivity index (χ1n) is 8.27. The summed E-state index contributed by atoms with van der Waals surface area (Å²) >= 11 is 3.63. The number of aliphatic hydroxyl groups excluding tert-OH is 1. The second-order valence-corrected chi connectivity index (χ2v) is 7.55. The van der Waals surface area contributed by atoms with Crippen LogP contribution in [0.3, 0.4) is 0 Å². The number of amides is 1. The summed E-state index contributed by atoms with van der Waals surface area (Å²) in [5.74, 6) is 1.38. The molecule has 2 heterocycles. The molecule has 3 aliphatic rings. The SMILES string of the molecule is COC(=O)N1CC[C@]23C=C[C@@H](O)C[C@H]2Oc2c(OC)cc(Br)c(c23)C1. The van der Waals surface area contributed by atoms with Crippen LogP contribution >= 0.6 is 15.9 Å². The summed E-state index contributed by atoms with van der Waals surface area (Å²) in [6, 6.07) is 1.88. The Bertz CT molecular complexity index is 764. The zero-order valence-electron chi connectivity index (χ0n) is 14.1. The van der Waals surface area contributed by atoms with E-state index < -0.39 is 6.10 Å². The zero-order valence-corrected chi connectivity index (χ0v) is 15.7. The molecule has 1 N–H and O–H groups in total. The van der Waals surface area contributed by atoms with Crippen LogP contribution in [0.15, 0.2) is 22.7 Å². The van der Waals surface area contributed by atoms with Crippen LogP contribution in [0.4, 0.5) is 4.79 Å². The number of hydrogen-bond acceptors (Lipinski definition) is 5. The largest absolute Gasteiger partial charge is 0.493 e. The maximum Gasteiger partial charge on any atom is 0.409 e. The fourth-order valence-electron chi connectivity index (χ4n) is 4.25. The Morgan fingerprint density at radius 2 is 2.28 bits per heavy atom. The summed E-state index contributed by atoms with van der Waals surface area (Å²) in [4.78, 5) is 13.9. The van der Waals surface area contributed by atoms with E-state index in [0.29, 0.717) is 31.7 Å². The second-order valence-electron chi connectivity index (χ2n) is 6.69. The van der Waals surface area contributed by atoms with Crippen LogP contribution in [0.25, 0.3) is 0 Å². The Hall–Kier alpha value is -1.73. The van der Waals surface area contributed by atoms with Crippen molar-refractivity contribution in [2.75, 3.05) is 20.8 Å². The number of methoxy groups -OCH3 is 2. The van der Waals surface area contributed by atoms with Gasteiger partial charge in [-0.05, 0) is 18.1 Å². The Balaban J connectivity index is 1.93. The molecule has 1 aromatic rings. The lowest BCUT2D eigenvalue weighted by Gasteiger charge is -2.35. The number of halogens is 1. The molecule has 0 saturated carbocycles. The molecule has 1 amide bonds. The number of carbonyl (C=O) groups is 1. The number of rotatable bonds is 1. The number of ether oxygens (including phenoxy) is 3. The predicted molar refractivity (Wildman–Crippen MR) is 94.0 cm³/mol. The molecule has 0 bridgehead atoms. The van der Waals surface area contributed by atoms with E-state index in [1.165, 1.54) is 7.11 Å². The van der Waals surface area contributed by atoms with Crippen LogP contribution in [0.5, 0.6) is 11.5 Å². The molecule has 7 heteroatoms. The minimum Gasteiger partial charge on any atom is -0.493 e. The Labute approximate surface area is 154 Å². The van der Waals surface area contributed by atoms with Crippen molar-refractivity contribution in [3.05, 3.63) is 33.8 Å². The van der Waals surface area contributed by atoms with Crippen molar-refractivity contribution in [3.8, 4) is 11.5 Å². The van der Waals surface area contributed by atoms with E-state index in [-0.39, 0.29) is 17.6 Å². The molecule has 0 fully saturated rings. The van der Waals surface area contributed by atoms with Gasteiger partial charge in [-0.15, -0.1) is 0 Å². The summed E-state index contributed by atoms with van der Waals surface area (Å²) in [6.45, 7) is 0.990. The summed E-state index contributed by atoms with van der Waals surface area (Å²) in [7, 11) is 3.01. The van der Waals surface area contributed by atoms with Gasteiger partial charge in [-0.25, -0.2) is 4.79 Å². The topological polar surface area (TPSA) is 68.2 Å². The van der Waals surface area contributed by atoms with Crippen LogP contribution in [-0.2, 0) is 16.7 Å². The normalized spacial score (nSPS) is 29.4. The number of aliphatic hydroxyl groups is 1. The van der Waals surface area contributed by atoms with Gasteiger partial charge in [0, 0.05) is 23.0 Å². The molecule has 3 atom stereocenters. The van der Waals surface area contributed by atoms with Gasteiger partial charge in [-0.2, -0.15) is 0 Å². The first kappa shape index (κ1) is 16.7. The molecule has 2 aliphatic heterocycles. The molecule has 1 spiro atoms. The fraction of sp³-hybridized carbons (Fsp3) is 0.500. The molecule has 25 heavy (non-hydrogen) atoms. The van der Waals surface area contributed by atoms with Gasteiger partial charge < -0.3 is 24.2 Å². The maximum atomic E-state index is 12.2. The second kappa shape index (κ2) is 5.92. The third kappa shape index (κ3) is 2.36. The van der Waals surface area contributed by atoms with Crippen LogP contribution in [0.2, 0.25) is 0 Å². The van der Waals surface area contributed by atoms with Gasteiger partial charge in [-0.3, -0.25) is 0 Å². The molecule has 6 nitrogen and oxygen atoms in total. The highest BCUT2D eigenvalue weighted by molar-refractivity contribution is 9.10. The molecular weight excluding hydrogens is 390 g/mol. The molecule has 0 unspecified atom stereocenters. The minimum absolute atomic E-state index is 0.179. The quantitative estimate of drug-likeness (QED) is 0.722. The number of hydrogen-bond donors (Lipinski definition) is 1. The molecule has 0 aromatic heterocycles. The average molecular weight is 410 g/mol. The highest BCUT2D eigenvalue weighted by atomic mass is 79.9. The van der Waals surface area contributed by atoms with Crippen LogP contribution < -0.4 is 9.47 Å². The first-order chi connectivity index (χ1) is 12.0. The summed E-state index contributed by atoms with van der Waals surface area (Å²) in [5, 5.41) is 10.1. The van der Waals surface area contributed by atoms with Crippen LogP contribution in [-0.4, -0.2) is 49.1 Å². The van der Waals surface area contributed by atoms with Crippen molar-refractivity contribution in [2.45, 2.75) is 37.0 Å². The Morgan fingerprint density at radius 3 is 3.00 bits per heavy atom. The maximum absolute atomic E-state index is 12.2. The summed E-state index contributed by atoms with van der Waals surface area (Å²) in [5.41, 5.74) is 1.68. The first-order valence-corrected chi connectivity index (χ1v) is 9.06. The van der Waals surface area contributed by atoms with Gasteiger partial charge in [0.2, 0.25) is 0 Å². The number of nitrogens with zero attached hydrogens (tertiary/aromatic N) is 1. The van der Waals surface area contributed by atoms with Crippen molar-refractivity contribution in [2.24, 2.45) is 0 Å². The van der Waals surface area contributed by atoms with E-state index in [9.17, 15) is 9.90 Å². The lowest BCUT2D eigenvalue weighted by Crippen LogP contribution is -2.43. The van der Waals surface area contributed by atoms with E-state index in [1.54, 1.807) is 12.0 Å². The number of carbonyl (C=O) groups excluding carboxylic acids is 1. The fourth-order valence-corrected chi connectivity index (χ4v) is 4.78. The lowest BCUT2D eigenvalue weighted by atomic mass is 9.69. The van der Waals surface area contributed by atoms with Crippen molar-refractivity contribution in [1.82, 2.24) is 4.90 Å². The molecule has 134 valence electrons. The lowest BCUT2D eigenvalue weighted by molar-refractivity contribution is 0.0781. The van der Waals surface area contributed by atoms with Gasteiger partial charge in [0.05, 0.1) is 32.3 Å². The van der Waals surface area contributed by atoms with E-state index in [4.69, 9.17) is 14.2 Å². The van der Waals surface area contributed by atoms with Gasteiger partial charge in [0.25, 0.3) is 0 Å². The highest BCUT2D eigenvalue weighted by Gasteiger charge is 2.53. The van der Waals surface area contributed by atoms with Gasteiger partial charge in [0.15, 0.2) is 11.5 Å². The zero-order chi connectivity index (χ0) is 17.8. The molecule has 0 saturated heterocycles. The molecule has 4 rings (SSSR count). The Morgan fingerprint density at radius 1 is 1.48 bits per heavy atom. The third-order valence-corrected chi connectivity index (χ3v) is 6.17. The van der Waals surface area contributed by atoms with Gasteiger partial charge in [0.1, 0.15) is 6.10 Å². The monoisotopic (exact) mass is 409 g/mol. The van der Waals surface area contributed by atoms with Gasteiger partial charge >= 0.3 is 6.09 Å². The summed E-state index contributed by atoms with van der Waals surface area (Å²) in [6.07, 6.45) is 4.06. The van der Waals surface area contributed by atoms with Crippen molar-refractivity contribution < 1.29 is 24.1 Å². The molecule has 0 radical (unpaired) electrons. The minimum atomic E-state index is -0.525. The Kier molecular flexibility index (Phi) is 3.96. The number of benzene rings is 1. The summed E-state index contributed by atoms with van der Waals surface area (Å²) < 4.78 is 17.6. The van der Waals surface area contributed by atoms with Crippen molar-refractivity contribution >= 4 is 22.0 Å².